The summed E-state index contributed by atoms with van der Waals surface area (Å²) < 4.78 is 64.2. The minimum Gasteiger partial charge on any atom is -0.446 e. The molecule has 0 unspecified atom stereocenters. The molecule has 0 aliphatic heterocycles. The van der Waals surface area contributed by atoms with Gasteiger partial charge in [-0.05, 0) is 66.0 Å². The van der Waals surface area contributed by atoms with E-state index in [1.807, 2.05) is 30.3 Å². The van der Waals surface area contributed by atoms with Gasteiger partial charge in [-0.1, -0.05) is 81.3 Å². The Kier molecular flexibility index (Phi) is 10.0. The first kappa shape index (κ1) is 31.6. The highest BCUT2D eigenvalue weighted by Crippen LogP contribution is 2.38. The van der Waals surface area contributed by atoms with Gasteiger partial charge in [-0.3, -0.25) is 4.98 Å². The largest absolute Gasteiger partial charge is 0.461 e. The Hall–Kier alpha value is -3.33. The number of halogens is 5. The Morgan fingerprint density at radius 2 is 1.81 bits per heavy atom. The quantitative estimate of drug-likeness (QED) is 0.235. The Bertz CT molecular complexity index is 1330. The zero-order valence-corrected chi connectivity index (χ0v) is 24.5. The molecule has 0 spiro atoms. The molecule has 1 heterocycles. The minimum atomic E-state index is -4.71. The van der Waals surface area contributed by atoms with Crippen molar-refractivity contribution in [2.75, 3.05) is 0 Å². The van der Waals surface area contributed by atoms with E-state index in [0.717, 1.165) is 24.5 Å². The average molecular weight is 607 g/mol. The molecule has 1 fully saturated rings. The molecule has 1 N–H and O–H groups in total. The van der Waals surface area contributed by atoms with Gasteiger partial charge in [-0.25, -0.2) is 4.79 Å². The molecule has 2 aromatic carbocycles. The van der Waals surface area contributed by atoms with Crippen LogP contribution in [0, 0.1) is 17.8 Å². The van der Waals surface area contributed by atoms with Gasteiger partial charge in [0.05, 0.1) is 10.7 Å². The van der Waals surface area contributed by atoms with Gasteiger partial charge >= 0.3 is 18.6 Å². The van der Waals surface area contributed by atoms with Crippen LogP contribution >= 0.6 is 11.6 Å². The maximum atomic E-state index is 13.9. The van der Waals surface area contributed by atoms with Crippen molar-refractivity contribution in [2.24, 2.45) is 17.8 Å². The third-order valence-corrected chi connectivity index (χ3v) is 8.07. The number of pyridine rings is 1. The fourth-order valence-electron chi connectivity index (χ4n) is 5.67. The molecular weight excluding hydrogens is 572 g/mol. The van der Waals surface area contributed by atoms with Gasteiger partial charge in [0.1, 0.15) is 17.4 Å². The summed E-state index contributed by atoms with van der Waals surface area (Å²) in [7, 11) is 0. The number of carbonyl (C=O) groups excluding carboxylic acids is 1. The first-order valence-electron chi connectivity index (χ1n) is 14.0. The molecule has 0 radical (unpaired) electrons. The number of aromatic nitrogens is 1. The highest BCUT2D eigenvalue weighted by atomic mass is 35.5. The summed E-state index contributed by atoms with van der Waals surface area (Å²) in [6.07, 6.45) is -5.55. The van der Waals surface area contributed by atoms with Gasteiger partial charge in [0, 0.05) is 12.6 Å². The maximum absolute atomic E-state index is 13.9. The molecule has 4 rings (SSSR count). The van der Waals surface area contributed by atoms with Crippen molar-refractivity contribution in [2.45, 2.75) is 70.6 Å². The summed E-state index contributed by atoms with van der Waals surface area (Å²) in [6.45, 7) is 6.34. The van der Waals surface area contributed by atoms with Crippen LogP contribution in [0.25, 0.3) is 0 Å². The van der Waals surface area contributed by atoms with Crippen molar-refractivity contribution < 1.29 is 31.8 Å². The number of carbonyl (C=O) groups is 1. The number of amides is 1. The molecule has 1 aliphatic carbocycles. The van der Waals surface area contributed by atoms with Crippen LogP contribution in [0.2, 0.25) is 5.02 Å². The second kappa shape index (κ2) is 13.3. The first-order valence-corrected chi connectivity index (χ1v) is 14.4. The van der Waals surface area contributed by atoms with Gasteiger partial charge < -0.3 is 14.8 Å². The highest BCUT2D eigenvalue weighted by molar-refractivity contribution is 6.30. The van der Waals surface area contributed by atoms with E-state index in [9.17, 15) is 22.4 Å². The van der Waals surface area contributed by atoms with Crippen LogP contribution in [0.4, 0.5) is 22.4 Å². The summed E-state index contributed by atoms with van der Waals surface area (Å²) in [5.41, 5.74) is -0.0815. The summed E-state index contributed by atoms with van der Waals surface area (Å²) >= 11 is 6.14. The predicted molar refractivity (Wildman–Crippen MR) is 153 cm³/mol. The normalized spacial score (nSPS) is 20.7. The number of hydrogen-bond acceptors (Lipinski definition) is 4. The van der Waals surface area contributed by atoms with E-state index in [0.29, 0.717) is 29.0 Å². The fourth-order valence-corrected chi connectivity index (χ4v) is 5.78. The molecule has 5 nitrogen and oxygen atoms in total. The molecule has 0 bridgehead atoms. The lowest BCUT2D eigenvalue weighted by Gasteiger charge is -2.39. The van der Waals surface area contributed by atoms with Gasteiger partial charge in [0.15, 0.2) is 0 Å². The zero-order valence-electron chi connectivity index (χ0n) is 23.7. The van der Waals surface area contributed by atoms with Crippen molar-refractivity contribution in [3.8, 4) is 5.75 Å². The number of alkyl halides is 4. The van der Waals surface area contributed by atoms with Crippen LogP contribution in [0.1, 0.15) is 56.9 Å². The lowest BCUT2D eigenvalue weighted by molar-refractivity contribution is -0.253. The maximum Gasteiger partial charge on any atom is 0.461 e. The molecular formula is C32H35ClF4N2O3. The van der Waals surface area contributed by atoms with E-state index in [-0.39, 0.29) is 24.0 Å². The molecule has 1 aliphatic rings. The molecule has 1 amide bonds. The monoisotopic (exact) mass is 606 g/mol. The number of alkyl carbamates (subject to hydrolysis) is 1. The van der Waals surface area contributed by atoms with Gasteiger partial charge in [0.25, 0.3) is 0 Å². The second-order valence-corrected chi connectivity index (χ2v) is 11.8. The van der Waals surface area contributed by atoms with E-state index < -0.39 is 29.9 Å². The van der Waals surface area contributed by atoms with Gasteiger partial charge in [-0.2, -0.15) is 17.6 Å². The van der Waals surface area contributed by atoms with Crippen molar-refractivity contribution >= 4 is 17.7 Å². The van der Waals surface area contributed by atoms with Gasteiger partial charge in [0.2, 0.25) is 0 Å². The van der Waals surface area contributed by atoms with E-state index in [4.69, 9.17) is 16.3 Å². The van der Waals surface area contributed by atoms with Crippen molar-refractivity contribution in [1.82, 2.24) is 10.3 Å². The van der Waals surface area contributed by atoms with E-state index in [1.165, 1.54) is 18.3 Å². The molecule has 10 heteroatoms. The zero-order chi connectivity index (χ0) is 30.5. The number of nitrogens with one attached hydrogen (secondary N) is 1. The lowest BCUT2D eigenvalue weighted by Crippen LogP contribution is -2.51. The van der Waals surface area contributed by atoms with Crippen molar-refractivity contribution in [3.05, 3.63) is 94.8 Å². The molecule has 1 saturated carbocycles. The van der Waals surface area contributed by atoms with E-state index in [1.54, 1.807) is 18.2 Å². The summed E-state index contributed by atoms with van der Waals surface area (Å²) in [6, 6.07) is 17.7. The van der Waals surface area contributed by atoms with Crippen LogP contribution in [0.15, 0.2) is 72.9 Å². The molecule has 226 valence electrons. The summed E-state index contributed by atoms with van der Waals surface area (Å²) in [4.78, 5) is 18.3. The Morgan fingerprint density at radius 1 is 1.07 bits per heavy atom. The summed E-state index contributed by atoms with van der Waals surface area (Å²) in [5, 5.41) is 3.35. The van der Waals surface area contributed by atoms with E-state index in [2.05, 4.69) is 35.8 Å². The number of nitrogens with zero attached hydrogens (tertiary/aromatic N) is 1. The molecule has 42 heavy (non-hydrogen) atoms. The molecule has 3 aromatic rings. The standard InChI is InChI=1S/C32H35ClF4N2O3/c1-20(2)26-14-12-21(3)16-27(26)41-30(40)39-31(18-22-8-5-4-6-9-22,28-15-13-24(33)19-38-28)23-10-7-11-25(17-23)42-32(36,37)29(34)35/h4-11,13,15,17,19-21,26-27,29H,12,14,16,18H2,1-3H3,(H,39,40)/t21-,26+,27-,31-/m0/s1. The van der Waals surface area contributed by atoms with Crippen LogP contribution in [0.3, 0.4) is 0 Å². The second-order valence-electron chi connectivity index (χ2n) is 11.3. The number of ether oxygens (including phenoxy) is 2. The summed E-state index contributed by atoms with van der Waals surface area (Å²) in [5.74, 6) is 0.362. The highest BCUT2D eigenvalue weighted by Gasteiger charge is 2.45. The molecule has 0 saturated heterocycles. The van der Waals surface area contributed by atoms with Crippen molar-refractivity contribution in [3.63, 3.8) is 0 Å². The van der Waals surface area contributed by atoms with Gasteiger partial charge in [-0.15, -0.1) is 0 Å². The van der Waals surface area contributed by atoms with Crippen LogP contribution in [-0.2, 0) is 16.7 Å². The third kappa shape index (κ3) is 7.54. The topological polar surface area (TPSA) is 60.5 Å². The fraction of sp³-hybridized carbons (Fsp3) is 0.438. The number of hydrogen-bond donors (Lipinski definition) is 1. The van der Waals surface area contributed by atoms with Crippen LogP contribution in [0.5, 0.6) is 5.75 Å². The Labute approximate surface area is 248 Å². The SMILES string of the molecule is CC(C)[C@H]1CC[C@H](C)C[C@@H]1OC(=O)N[C@@](Cc1ccccc1)(c1cccc(OC(F)(F)C(F)F)c1)c1ccc(Cl)cn1. The average Bonchev–Trinajstić information content (AvgIpc) is 2.93. The minimum absolute atomic E-state index is 0.126. The Morgan fingerprint density at radius 3 is 2.45 bits per heavy atom. The number of rotatable bonds is 10. The molecule has 4 atom stereocenters. The Balaban J connectivity index is 1.80. The van der Waals surface area contributed by atoms with E-state index >= 15 is 0 Å². The van der Waals surface area contributed by atoms with Crippen LogP contribution < -0.4 is 10.1 Å². The molecule has 1 aromatic heterocycles. The number of benzene rings is 2. The smallest absolute Gasteiger partial charge is 0.446 e. The predicted octanol–water partition coefficient (Wildman–Crippen LogP) is 8.65. The van der Waals surface area contributed by atoms with Crippen molar-refractivity contribution in [1.29, 1.82) is 0 Å². The first-order chi connectivity index (χ1) is 19.9. The lowest BCUT2D eigenvalue weighted by atomic mass is 9.75. The van der Waals surface area contributed by atoms with Crippen LogP contribution in [-0.4, -0.2) is 29.7 Å². The third-order valence-electron chi connectivity index (χ3n) is 7.85.